The van der Waals surface area contributed by atoms with Crippen LogP contribution in [0.25, 0.3) is 0 Å². The number of nitrogens with zero attached hydrogens (tertiary/aromatic N) is 1. The van der Waals surface area contributed by atoms with Gasteiger partial charge in [0.15, 0.2) is 0 Å². The predicted molar refractivity (Wildman–Crippen MR) is 45.9 cm³/mol. The van der Waals surface area contributed by atoms with E-state index in [9.17, 15) is 4.79 Å². The lowest BCUT2D eigenvalue weighted by Gasteiger charge is -2.37. The molecule has 66 valence electrons. The molecule has 3 rings (SSSR count). The van der Waals surface area contributed by atoms with Crippen molar-refractivity contribution < 1.29 is 4.79 Å². The van der Waals surface area contributed by atoms with E-state index >= 15 is 0 Å². The third-order valence-corrected chi connectivity index (χ3v) is 3.89. The SMILES string of the molecule is O=C1CC[C@@H]2C[C@H]3CCCN2[C@@H]13. The van der Waals surface area contributed by atoms with Gasteiger partial charge in [-0.15, -0.1) is 0 Å². The molecule has 12 heavy (non-hydrogen) atoms. The molecule has 0 aliphatic carbocycles. The van der Waals surface area contributed by atoms with Crippen LogP contribution in [-0.2, 0) is 4.79 Å². The largest absolute Gasteiger partial charge is 0.298 e. The normalized spacial score (nSPS) is 51.2. The maximum atomic E-state index is 11.6. The molecule has 2 nitrogen and oxygen atoms in total. The number of Topliss-reactive ketones (excluding diaryl/α,β-unsaturated/α-hetero) is 1. The van der Waals surface area contributed by atoms with Crippen molar-refractivity contribution in [2.75, 3.05) is 6.54 Å². The van der Waals surface area contributed by atoms with Gasteiger partial charge in [-0.25, -0.2) is 0 Å². The maximum Gasteiger partial charge on any atom is 0.150 e. The summed E-state index contributed by atoms with van der Waals surface area (Å²) in [5.74, 6) is 1.27. The minimum Gasteiger partial charge on any atom is -0.298 e. The Labute approximate surface area is 72.9 Å². The summed E-state index contributed by atoms with van der Waals surface area (Å²) in [6.07, 6.45) is 5.96. The van der Waals surface area contributed by atoms with Crippen molar-refractivity contribution in [3.63, 3.8) is 0 Å². The van der Waals surface area contributed by atoms with Crippen molar-refractivity contribution in [1.82, 2.24) is 4.90 Å². The molecule has 4 bridgehead atoms. The van der Waals surface area contributed by atoms with E-state index in [-0.39, 0.29) is 0 Å². The van der Waals surface area contributed by atoms with E-state index in [1.54, 1.807) is 0 Å². The van der Waals surface area contributed by atoms with Gasteiger partial charge in [0.2, 0.25) is 0 Å². The van der Waals surface area contributed by atoms with Gasteiger partial charge >= 0.3 is 0 Å². The summed E-state index contributed by atoms with van der Waals surface area (Å²) in [6, 6.07) is 1.14. The Bertz CT molecular complexity index is 226. The first-order chi connectivity index (χ1) is 5.86. The van der Waals surface area contributed by atoms with Gasteiger partial charge in [-0.05, 0) is 38.1 Å². The molecule has 0 amide bonds. The van der Waals surface area contributed by atoms with Crippen molar-refractivity contribution in [1.29, 1.82) is 0 Å². The topological polar surface area (TPSA) is 20.3 Å². The van der Waals surface area contributed by atoms with Crippen molar-refractivity contribution >= 4 is 5.78 Å². The first-order valence-corrected chi connectivity index (χ1v) is 5.15. The van der Waals surface area contributed by atoms with E-state index in [4.69, 9.17) is 0 Å². The first-order valence-electron chi connectivity index (χ1n) is 5.15. The van der Waals surface area contributed by atoms with Crippen molar-refractivity contribution in [2.24, 2.45) is 5.92 Å². The van der Waals surface area contributed by atoms with Crippen LogP contribution in [-0.4, -0.2) is 29.3 Å². The Kier molecular flexibility index (Phi) is 1.37. The fraction of sp³-hybridized carbons (Fsp3) is 0.900. The zero-order valence-corrected chi connectivity index (χ0v) is 7.33. The lowest BCUT2D eigenvalue weighted by atomic mass is 9.89. The second-order valence-electron chi connectivity index (χ2n) is 4.48. The highest BCUT2D eigenvalue weighted by atomic mass is 16.1. The number of carbonyl (C=O) groups is 1. The van der Waals surface area contributed by atoms with E-state index in [2.05, 4.69) is 4.90 Å². The number of rotatable bonds is 0. The van der Waals surface area contributed by atoms with E-state index in [0.717, 1.165) is 24.8 Å². The first kappa shape index (κ1) is 7.07. The van der Waals surface area contributed by atoms with Crippen molar-refractivity contribution in [3.05, 3.63) is 0 Å². The summed E-state index contributed by atoms with van der Waals surface area (Å²) in [4.78, 5) is 14.1. The zero-order chi connectivity index (χ0) is 8.13. The van der Waals surface area contributed by atoms with Gasteiger partial charge in [-0.1, -0.05) is 0 Å². The Balaban J connectivity index is 1.97. The van der Waals surface area contributed by atoms with Gasteiger partial charge in [0.05, 0.1) is 6.04 Å². The second-order valence-corrected chi connectivity index (χ2v) is 4.48. The summed E-state index contributed by atoms with van der Waals surface area (Å²) in [5, 5.41) is 0. The highest BCUT2D eigenvalue weighted by Crippen LogP contribution is 2.43. The van der Waals surface area contributed by atoms with Gasteiger partial charge < -0.3 is 0 Å². The molecule has 3 heterocycles. The van der Waals surface area contributed by atoms with E-state index in [1.165, 1.54) is 25.8 Å². The number of hydrogen-bond acceptors (Lipinski definition) is 2. The average molecular weight is 165 g/mol. The molecule has 3 fully saturated rings. The van der Waals surface area contributed by atoms with Crippen LogP contribution in [0.2, 0.25) is 0 Å². The van der Waals surface area contributed by atoms with Gasteiger partial charge in [0, 0.05) is 12.5 Å². The van der Waals surface area contributed by atoms with E-state index in [0.29, 0.717) is 11.8 Å². The predicted octanol–water partition coefficient (Wildman–Crippen LogP) is 1.20. The smallest absolute Gasteiger partial charge is 0.150 e. The molecule has 1 unspecified atom stereocenters. The van der Waals surface area contributed by atoms with Crippen molar-refractivity contribution in [3.8, 4) is 0 Å². The van der Waals surface area contributed by atoms with E-state index < -0.39 is 0 Å². The molecule has 3 aliphatic rings. The Morgan fingerprint density at radius 2 is 2.25 bits per heavy atom. The highest BCUT2D eigenvalue weighted by Gasteiger charge is 2.49. The molecule has 0 radical (unpaired) electrons. The van der Waals surface area contributed by atoms with Gasteiger partial charge in [0.1, 0.15) is 5.78 Å². The molecule has 0 saturated carbocycles. The summed E-state index contributed by atoms with van der Waals surface area (Å²) >= 11 is 0. The Hall–Kier alpha value is -0.370. The quantitative estimate of drug-likeness (QED) is 0.537. The third-order valence-electron chi connectivity index (χ3n) is 3.89. The molecule has 0 aromatic rings. The van der Waals surface area contributed by atoms with Crippen LogP contribution in [0.5, 0.6) is 0 Å². The van der Waals surface area contributed by atoms with Gasteiger partial charge in [-0.2, -0.15) is 0 Å². The molecule has 4 atom stereocenters. The molecule has 0 N–H and O–H groups in total. The Morgan fingerprint density at radius 3 is 3.08 bits per heavy atom. The van der Waals surface area contributed by atoms with Crippen LogP contribution in [0.15, 0.2) is 0 Å². The summed E-state index contributed by atoms with van der Waals surface area (Å²) in [6.45, 7) is 1.19. The third kappa shape index (κ3) is 0.764. The lowest BCUT2D eigenvalue weighted by Crippen LogP contribution is -2.49. The molecule has 3 saturated heterocycles. The zero-order valence-electron chi connectivity index (χ0n) is 7.33. The van der Waals surface area contributed by atoms with Gasteiger partial charge in [-0.3, -0.25) is 9.69 Å². The molecule has 0 aromatic carbocycles. The van der Waals surface area contributed by atoms with E-state index in [1.807, 2.05) is 0 Å². The van der Waals surface area contributed by atoms with Crippen LogP contribution < -0.4 is 0 Å². The molecule has 3 aliphatic heterocycles. The van der Waals surface area contributed by atoms with Gasteiger partial charge in [0.25, 0.3) is 0 Å². The number of hydrogen-bond donors (Lipinski definition) is 0. The van der Waals surface area contributed by atoms with Crippen LogP contribution in [0.1, 0.15) is 32.1 Å². The number of carbonyl (C=O) groups excluding carboxylic acids is 1. The number of ketones is 1. The fourth-order valence-corrected chi connectivity index (χ4v) is 3.43. The molecule has 2 heteroatoms. The fourth-order valence-electron chi connectivity index (χ4n) is 3.43. The Morgan fingerprint density at radius 1 is 1.33 bits per heavy atom. The van der Waals surface area contributed by atoms with Crippen molar-refractivity contribution in [2.45, 2.75) is 44.2 Å². The summed E-state index contributed by atoms with van der Waals surface area (Å²) in [7, 11) is 0. The average Bonchev–Trinajstić information content (AvgIpc) is 2.24. The molecule has 0 spiro atoms. The van der Waals surface area contributed by atoms with Crippen LogP contribution >= 0.6 is 0 Å². The summed E-state index contributed by atoms with van der Waals surface area (Å²) in [5.41, 5.74) is 0. The molecular weight excluding hydrogens is 150 g/mol. The monoisotopic (exact) mass is 165 g/mol. The maximum absolute atomic E-state index is 11.6. The van der Waals surface area contributed by atoms with Crippen LogP contribution in [0, 0.1) is 5.92 Å². The van der Waals surface area contributed by atoms with Crippen LogP contribution in [0.3, 0.4) is 0 Å². The molecule has 0 aromatic heterocycles. The standard InChI is InChI=1S/C10H15NO/c12-9-4-3-8-6-7-2-1-5-11(8)10(7)9/h7-8,10H,1-6H2/t7-,8-,10-/m1/s1. The highest BCUT2D eigenvalue weighted by molar-refractivity contribution is 5.86. The van der Waals surface area contributed by atoms with Crippen LogP contribution in [0.4, 0.5) is 0 Å². The molecular formula is C10H15NO. The number of piperidine rings is 2. The minimum absolute atomic E-state index is 0.359. The minimum atomic E-state index is 0.359. The lowest BCUT2D eigenvalue weighted by molar-refractivity contribution is -0.128. The second kappa shape index (κ2) is 2.32. The summed E-state index contributed by atoms with van der Waals surface area (Å²) < 4.78 is 0.